The number of amides is 3. The molecule has 2 aromatic heterocycles. The van der Waals surface area contributed by atoms with Gasteiger partial charge in [-0.2, -0.15) is 0 Å². The minimum Gasteiger partial charge on any atom is -0.391 e. The topological polar surface area (TPSA) is 206 Å². The number of hydrogen-bond acceptors (Lipinski definition) is 13. The van der Waals surface area contributed by atoms with E-state index < -0.39 is 28.9 Å². The predicted octanol–water partition coefficient (Wildman–Crippen LogP) is 8.41. The van der Waals surface area contributed by atoms with Gasteiger partial charge >= 0.3 is 0 Å². The zero-order valence-corrected chi connectivity index (χ0v) is 47.7. The highest BCUT2D eigenvalue weighted by atomic mass is 32.1. The van der Waals surface area contributed by atoms with E-state index in [0.29, 0.717) is 44.3 Å². The van der Waals surface area contributed by atoms with Gasteiger partial charge < -0.3 is 49.5 Å². The van der Waals surface area contributed by atoms with Crippen LogP contribution in [0.5, 0.6) is 0 Å². The number of carbonyl (C=O) groups is 5. The number of nitrogens with one attached hydrogen (secondary N) is 3. The number of carbonyl (C=O) groups excluding carboxylic acids is 5. The number of Topliss-reactive ketones (excluding diaryl/α,β-unsaturated/α-hetero) is 1. The molecule has 17 nitrogen and oxygen atoms in total. The van der Waals surface area contributed by atoms with Crippen molar-refractivity contribution in [2.24, 2.45) is 11.3 Å². The van der Waals surface area contributed by atoms with Gasteiger partial charge in [0.25, 0.3) is 0 Å². The molecule has 1 aliphatic carbocycles. The number of nitrogens with zero attached hydrogens (tertiary/aromatic N) is 4. The molecule has 0 spiro atoms. The number of likely N-dealkylation sites (tertiary alicyclic amines) is 1. The maximum Gasteiger partial charge on any atom is 0.243 e. The second-order valence-corrected chi connectivity index (χ2v) is 23.4. The van der Waals surface area contributed by atoms with Crippen LogP contribution in [0.3, 0.4) is 0 Å². The molecule has 2 fully saturated rings. The lowest BCUT2D eigenvalue weighted by molar-refractivity contribution is -0.146. The molecular weight excluding hydrogens is 1020 g/mol. The second kappa shape index (κ2) is 26.3. The van der Waals surface area contributed by atoms with E-state index in [1.54, 1.807) is 17.4 Å². The van der Waals surface area contributed by atoms with Gasteiger partial charge in [-0.3, -0.25) is 24.0 Å². The van der Waals surface area contributed by atoms with Crippen molar-refractivity contribution in [3.63, 3.8) is 0 Å². The number of aliphatic hydroxyl groups excluding tert-OH is 1. The summed E-state index contributed by atoms with van der Waals surface area (Å²) in [4.78, 5) is 84.0. The summed E-state index contributed by atoms with van der Waals surface area (Å²) in [6.07, 6.45) is 2.05. The molecule has 3 aliphatic rings. The van der Waals surface area contributed by atoms with Gasteiger partial charge in [0, 0.05) is 97.1 Å². The van der Waals surface area contributed by atoms with Crippen molar-refractivity contribution in [2.75, 3.05) is 77.4 Å². The molecule has 79 heavy (non-hydrogen) atoms. The standard InChI is InChI=1S/C61H77N7O10S/c1-9-40-30-47-48(61(6,7)57-54(55(47)72)46-15-14-43(62-8)31-50(46)66-57)34-51(40)67-20-16-42(17-21-67)65-53(71)19-23-76-25-27-78-29-28-77-26-24-75-22-18-44(69)32-49(60(3,4)5)59(74)68-36-45(70)33-52(68)58(73)63-35-39-10-12-41(13-11-39)56-38(2)64-37-79-56/h10-15,30-31,34,37,42,45,49,52,66,70H,9,16-29,32-33,35-36H2,1-7H3,(H,63,73)(H,65,71)/t45-,49-,52+/m1/s1. The van der Waals surface area contributed by atoms with E-state index >= 15 is 0 Å². The molecule has 0 bridgehead atoms. The highest BCUT2D eigenvalue weighted by Gasteiger charge is 2.45. The first kappa shape index (κ1) is 58.8. The van der Waals surface area contributed by atoms with Crippen LogP contribution >= 0.6 is 11.3 Å². The lowest BCUT2D eigenvalue weighted by atomic mass is 9.70. The summed E-state index contributed by atoms with van der Waals surface area (Å²) in [6, 6.07) is 16.9. The van der Waals surface area contributed by atoms with E-state index in [4.69, 9.17) is 25.5 Å². The third-order valence-corrected chi connectivity index (χ3v) is 16.6. The molecule has 4 heterocycles. The lowest BCUT2D eigenvalue weighted by Gasteiger charge is -2.38. The van der Waals surface area contributed by atoms with Crippen LogP contribution in [0.1, 0.15) is 124 Å². The van der Waals surface area contributed by atoms with Crippen LogP contribution in [0.15, 0.2) is 60.1 Å². The molecule has 5 aromatic rings. The molecule has 2 saturated heterocycles. The molecule has 3 aromatic carbocycles. The van der Waals surface area contributed by atoms with Crippen molar-refractivity contribution in [3.05, 3.63) is 111 Å². The summed E-state index contributed by atoms with van der Waals surface area (Å²) in [5.41, 5.74) is 10.6. The number of benzene rings is 3. The van der Waals surface area contributed by atoms with Crippen molar-refractivity contribution in [3.8, 4) is 10.4 Å². The number of piperidine rings is 1. The number of anilines is 1. The number of aromatic amines is 1. The largest absolute Gasteiger partial charge is 0.391 e. The first-order chi connectivity index (χ1) is 37.9. The minimum atomic E-state index is -0.843. The third kappa shape index (κ3) is 14.2. The van der Waals surface area contributed by atoms with Crippen LogP contribution in [0.2, 0.25) is 0 Å². The quantitative estimate of drug-likeness (QED) is 0.0321. The molecule has 0 saturated carbocycles. The van der Waals surface area contributed by atoms with Gasteiger partial charge in [-0.05, 0) is 72.1 Å². The van der Waals surface area contributed by atoms with Crippen molar-refractivity contribution in [2.45, 2.75) is 124 Å². The van der Waals surface area contributed by atoms with E-state index in [-0.39, 0.29) is 93.9 Å². The normalized spacial score (nSPS) is 17.6. The molecule has 18 heteroatoms. The van der Waals surface area contributed by atoms with Gasteiger partial charge in [0.2, 0.25) is 17.7 Å². The van der Waals surface area contributed by atoms with Gasteiger partial charge in [-0.1, -0.05) is 77.9 Å². The lowest BCUT2D eigenvalue weighted by Crippen LogP contribution is -2.50. The van der Waals surface area contributed by atoms with Gasteiger partial charge in [0.1, 0.15) is 11.8 Å². The van der Waals surface area contributed by atoms with E-state index in [1.807, 2.05) is 69.6 Å². The molecule has 3 atom stereocenters. The van der Waals surface area contributed by atoms with Crippen LogP contribution in [0.4, 0.5) is 11.4 Å². The molecule has 0 radical (unpaired) electrons. The smallest absolute Gasteiger partial charge is 0.243 e. The number of β-amino-alcohol motifs (C(OH)–C–C–N with tert-alkyl or cyclic N) is 1. The monoisotopic (exact) mass is 1100 g/mol. The number of hydrogen-bond donors (Lipinski definition) is 4. The number of rotatable bonds is 25. The second-order valence-electron chi connectivity index (χ2n) is 22.6. The maximum atomic E-state index is 14.1. The number of ether oxygens (including phenoxy) is 4. The number of aromatic nitrogens is 2. The van der Waals surface area contributed by atoms with Crippen molar-refractivity contribution >= 4 is 62.9 Å². The fraction of sp³-hybridized carbons (Fsp3) is 0.525. The molecular formula is C61H77N7O10S. The number of thiazole rings is 1. The third-order valence-electron chi connectivity index (χ3n) is 15.7. The van der Waals surface area contributed by atoms with E-state index in [2.05, 4.69) is 63.3 Å². The number of H-pyrrole nitrogens is 1. The van der Waals surface area contributed by atoms with E-state index in [0.717, 1.165) is 93.0 Å². The molecule has 0 unspecified atom stereocenters. The Morgan fingerprint density at radius 2 is 1.58 bits per heavy atom. The molecule has 422 valence electrons. The van der Waals surface area contributed by atoms with Crippen molar-refractivity contribution < 1.29 is 48.0 Å². The summed E-state index contributed by atoms with van der Waals surface area (Å²) in [5, 5.41) is 17.6. The van der Waals surface area contributed by atoms with Gasteiger partial charge in [0.15, 0.2) is 11.5 Å². The van der Waals surface area contributed by atoms with Crippen LogP contribution < -0.4 is 15.5 Å². The Balaban J connectivity index is 0.657. The maximum absolute atomic E-state index is 14.1. The summed E-state index contributed by atoms with van der Waals surface area (Å²) >= 11 is 1.58. The number of ketones is 2. The Morgan fingerprint density at radius 3 is 2.20 bits per heavy atom. The highest BCUT2D eigenvalue weighted by Crippen LogP contribution is 2.46. The average Bonchev–Trinajstić information content (AvgIpc) is 4.25. The molecule has 2 aliphatic heterocycles. The average molecular weight is 1100 g/mol. The number of aliphatic hydroxyl groups is 1. The molecule has 4 N–H and O–H groups in total. The van der Waals surface area contributed by atoms with Gasteiger partial charge in [0.05, 0.1) is 87.2 Å². The number of aryl methyl sites for hydroxylation is 2. The van der Waals surface area contributed by atoms with Crippen molar-refractivity contribution in [1.82, 2.24) is 25.5 Å². The van der Waals surface area contributed by atoms with Gasteiger partial charge in [-0.25, -0.2) is 9.83 Å². The van der Waals surface area contributed by atoms with Crippen LogP contribution in [-0.4, -0.2) is 140 Å². The summed E-state index contributed by atoms with van der Waals surface area (Å²) in [6.45, 7) is 25.9. The fourth-order valence-electron chi connectivity index (χ4n) is 11.1. The van der Waals surface area contributed by atoms with Crippen molar-refractivity contribution in [1.29, 1.82) is 0 Å². The summed E-state index contributed by atoms with van der Waals surface area (Å²) in [5.74, 6) is -1.50. The Labute approximate surface area is 467 Å². The van der Waals surface area contributed by atoms with Crippen LogP contribution in [-0.2, 0) is 56.5 Å². The van der Waals surface area contributed by atoms with Crippen LogP contribution in [0.25, 0.3) is 26.2 Å². The predicted molar refractivity (Wildman–Crippen MR) is 305 cm³/mol. The molecule has 3 amide bonds. The zero-order valence-electron chi connectivity index (χ0n) is 46.8. The number of fused-ring (bicyclic) bond motifs is 4. The molecule has 8 rings (SSSR count). The summed E-state index contributed by atoms with van der Waals surface area (Å²) < 4.78 is 22.6. The Morgan fingerprint density at radius 1 is 0.924 bits per heavy atom. The highest BCUT2D eigenvalue weighted by molar-refractivity contribution is 7.13. The van der Waals surface area contributed by atoms with Crippen LogP contribution in [0, 0.1) is 24.8 Å². The van der Waals surface area contributed by atoms with Gasteiger partial charge in [-0.15, -0.1) is 11.3 Å². The fourth-order valence-corrected chi connectivity index (χ4v) is 11.9. The Kier molecular flexibility index (Phi) is 19.6. The SMILES string of the molecule is [C-]#[N+]c1ccc2c3c([nH]c2c1)C(C)(C)c1cc(N2CCC(NC(=O)CCOCCOCCOCCOCCC(=O)C[C@H](C(=O)N4C[C@H](O)C[C@H]4C(=O)NCc4ccc(-c5scnc5C)cc4)C(C)(C)C)CC2)c(CC)cc1C3=O. The van der Waals surface area contributed by atoms with E-state index in [9.17, 15) is 29.1 Å². The first-order valence-electron chi connectivity index (χ1n) is 27.8. The first-order valence-corrected chi connectivity index (χ1v) is 28.6. The zero-order chi connectivity index (χ0) is 56.4. The minimum absolute atomic E-state index is 0.00411. The summed E-state index contributed by atoms with van der Waals surface area (Å²) in [7, 11) is 0. The Bertz CT molecular complexity index is 3020. The van der Waals surface area contributed by atoms with E-state index in [1.165, 1.54) is 4.90 Å². The Hall–Kier alpha value is -6.33.